The molecule has 0 bridgehead atoms. The molecular weight excluding hydrogens is 352 g/mol. The van der Waals surface area contributed by atoms with E-state index in [1.54, 1.807) is 7.05 Å². The summed E-state index contributed by atoms with van der Waals surface area (Å²) in [5.41, 5.74) is 9.75. The Morgan fingerprint density at radius 1 is 1.32 bits per heavy atom. The molecule has 1 saturated heterocycles. The number of nitrogens with zero attached hydrogens (tertiary/aromatic N) is 4. The second-order valence-corrected chi connectivity index (χ2v) is 7.42. The van der Waals surface area contributed by atoms with E-state index in [0.29, 0.717) is 18.9 Å². The number of aryl methyl sites for hydroxylation is 1. The summed E-state index contributed by atoms with van der Waals surface area (Å²) >= 11 is 0. The van der Waals surface area contributed by atoms with E-state index in [4.69, 9.17) is 10.8 Å². The predicted octanol–water partition coefficient (Wildman–Crippen LogP) is 2.15. The number of carbonyl (C=O) groups is 1. The molecule has 7 heteroatoms. The van der Waals surface area contributed by atoms with Gasteiger partial charge < -0.3 is 16.0 Å². The number of benzene rings is 1. The van der Waals surface area contributed by atoms with Crippen molar-refractivity contribution in [1.29, 1.82) is 0 Å². The summed E-state index contributed by atoms with van der Waals surface area (Å²) in [6, 6.07) is 10.2. The summed E-state index contributed by atoms with van der Waals surface area (Å²) in [5, 5.41) is 8.20. The van der Waals surface area contributed by atoms with Crippen LogP contribution in [0.3, 0.4) is 0 Å². The second-order valence-electron chi connectivity index (χ2n) is 7.42. The zero-order chi connectivity index (χ0) is 20.1. The van der Waals surface area contributed by atoms with Crippen LogP contribution in [0.4, 0.5) is 0 Å². The van der Waals surface area contributed by atoms with Crippen LogP contribution < -0.4 is 11.1 Å². The van der Waals surface area contributed by atoms with E-state index in [9.17, 15) is 4.79 Å². The van der Waals surface area contributed by atoms with Crippen LogP contribution in [-0.2, 0) is 11.3 Å². The summed E-state index contributed by atoms with van der Waals surface area (Å²) in [6.07, 6.45) is 2.52. The summed E-state index contributed by atoms with van der Waals surface area (Å²) in [5.74, 6) is 0.934. The monoisotopic (exact) mass is 382 g/mol. The molecule has 1 unspecified atom stereocenters. The van der Waals surface area contributed by atoms with Gasteiger partial charge in [-0.05, 0) is 44.7 Å². The number of hydrogen-bond donors (Lipinski definition) is 2. The lowest BCUT2D eigenvalue weighted by atomic mass is 9.95. The molecular formula is C21H30N6O. The molecule has 1 aliphatic rings. The lowest BCUT2D eigenvalue weighted by Crippen LogP contribution is -2.47. The Labute approximate surface area is 166 Å². The summed E-state index contributed by atoms with van der Waals surface area (Å²) in [7, 11) is 1.80. The van der Waals surface area contributed by atoms with Gasteiger partial charge in [-0.2, -0.15) is 5.10 Å². The first-order valence-electron chi connectivity index (χ1n) is 9.84. The molecule has 0 spiro atoms. The Morgan fingerprint density at radius 3 is 2.75 bits per heavy atom. The number of rotatable bonds is 5. The number of para-hydroxylation sites is 1. The normalized spacial score (nSPS) is 17.6. The van der Waals surface area contributed by atoms with Crippen molar-refractivity contribution in [1.82, 2.24) is 20.0 Å². The number of guanidine groups is 1. The van der Waals surface area contributed by atoms with Crippen molar-refractivity contribution in [2.75, 3.05) is 20.1 Å². The molecule has 1 aromatic carbocycles. The van der Waals surface area contributed by atoms with Crippen LogP contribution >= 0.6 is 0 Å². The van der Waals surface area contributed by atoms with Gasteiger partial charge in [0.15, 0.2) is 5.96 Å². The highest BCUT2D eigenvalue weighted by atomic mass is 16.1. The van der Waals surface area contributed by atoms with Gasteiger partial charge in [0.1, 0.15) is 0 Å². The van der Waals surface area contributed by atoms with Gasteiger partial charge in [-0.1, -0.05) is 18.2 Å². The third-order valence-corrected chi connectivity index (χ3v) is 5.39. The Hall–Kier alpha value is -2.83. The SMILES string of the molecule is CN=C(NCc1c(C)nn(-c2ccccc2)c1C)N1CCCC(CC(N)=O)C1. The lowest BCUT2D eigenvalue weighted by Gasteiger charge is -2.34. The van der Waals surface area contributed by atoms with Crippen LogP contribution in [0.5, 0.6) is 0 Å². The number of primary amides is 1. The molecule has 3 N–H and O–H groups in total. The molecule has 150 valence electrons. The third kappa shape index (κ3) is 4.52. The number of aliphatic imine (C=N–C) groups is 1. The molecule has 7 nitrogen and oxygen atoms in total. The van der Waals surface area contributed by atoms with Crippen LogP contribution in [0, 0.1) is 19.8 Å². The largest absolute Gasteiger partial charge is 0.370 e. The maximum atomic E-state index is 11.3. The van der Waals surface area contributed by atoms with Gasteiger partial charge in [0, 0.05) is 44.4 Å². The van der Waals surface area contributed by atoms with Gasteiger partial charge in [0.25, 0.3) is 0 Å². The summed E-state index contributed by atoms with van der Waals surface area (Å²) in [6.45, 7) is 6.54. The number of carbonyl (C=O) groups excluding carboxylic acids is 1. The fraction of sp³-hybridized carbons (Fsp3) is 0.476. The molecule has 1 aromatic heterocycles. The highest BCUT2D eigenvalue weighted by Crippen LogP contribution is 2.20. The first-order valence-corrected chi connectivity index (χ1v) is 9.84. The van der Waals surface area contributed by atoms with Crippen LogP contribution in [0.25, 0.3) is 5.69 Å². The number of likely N-dealkylation sites (tertiary alicyclic amines) is 1. The molecule has 0 aliphatic carbocycles. The lowest BCUT2D eigenvalue weighted by molar-refractivity contribution is -0.119. The predicted molar refractivity (Wildman–Crippen MR) is 111 cm³/mol. The van der Waals surface area contributed by atoms with Crippen LogP contribution in [0.2, 0.25) is 0 Å². The van der Waals surface area contributed by atoms with E-state index in [1.807, 2.05) is 29.8 Å². The van der Waals surface area contributed by atoms with Gasteiger partial charge >= 0.3 is 0 Å². The van der Waals surface area contributed by atoms with E-state index < -0.39 is 0 Å². The van der Waals surface area contributed by atoms with Gasteiger partial charge in [-0.15, -0.1) is 0 Å². The quantitative estimate of drug-likeness (QED) is 0.613. The van der Waals surface area contributed by atoms with Gasteiger partial charge in [-0.3, -0.25) is 9.79 Å². The zero-order valence-corrected chi connectivity index (χ0v) is 17.0. The number of piperidine rings is 1. The fourth-order valence-electron chi connectivity index (χ4n) is 3.96. The number of nitrogens with two attached hydrogens (primary N) is 1. The van der Waals surface area contributed by atoms with E-state index in [2.05, 4.69) is 34.3 Å². The van der Waals surface area contributed by atoms with Crippen molar-refractivity contribution in [2.24, 2.45) is 16.6 Å². The van der Waals surface area contributed by atoms with Crippen molar-refractivity contribution < 1.29 is 4.79 Å². The minimum atomic E-state index is -0.227. The van der Waals surface area contributed by atoms with Crippen LogP contribution in [0.15, 0.2) is 35.3 Å². The van der Waals surface area contributed by atoms with Crippen LogP contribution in [0.1, 0.15) is 36.2 Å². The zero-order valence-electron chi connectivity index (χ0n) is 17.0. The Balaban J connectivity index is 1.69. The first-order chi connectivity index (χ1) is 13.5. The molecule has 28 heavy (non-hydrogen) atoms. The Kier molecular flexibility index (Phi) is 6.34. The third-order valence-electron chi connectivity index (χ3n) is 5.39. The Morgan fingerprint density at radius 2 is 2.07 bits per heavy atom. The number of hydrogen-bond acceptors (Lipinski definition) is 3. The molecule has 1 aliphatic heterocycles. The average molecular weight is 383 g/mol. The number of nitrogens with one attached hydrogen (secondary N) is 1. The summed E-state index contributed by atoms with van der Waals surface area (Å²) in [4.78, 5) is 17.9. The molecule has 3 rings (SSSR count). The minimum Gasteiger partial charge on any atom is -0.370 e. The fourth-order valence-corrected chi connectivity index (χ4v) is 3.96. The topological polar surface area (TPSA) is 88.5 Å². The second kappa shape index (κ2) is 8.91. The molecule has 2 aromatic rings. The van der Waals surface area contributed by atoms with Crippen molar-refractivity contribution in [3.8, 4) is 5.69 Å². The van der Waals surface area contributed by atoms with Crippen molar-refractivity contribution >= 4 is 11.9 Å². The van der Waals surface area contributed by atoms with Gasteiger partial charge in [0.2, 0.25) is 5.91 Å². The van der Waals surface area contributed by atoms with Crippen molar-refractivity contribution in [3.05, 3.63) is 47.3 Å². The minimum absolute atomic E-state index is 0.227. The first kappa shape index (κ1) is 19.9. The smallest absolute Gasteiger partial charge is 0.217 e. The highest BCUT2D eigenvalue weighted by molar-refractivity contribution is 5.80. The summed E-state index contributed by atoms with van der Waals surface area (Å²) < 4.78 is 1.99. The van der Waals surface area contributed by atoms with E-state index >= 15 is 0 Å². The Bertz CT molecular complexity index is 842. The highest BCUT2D eigenvalue weighted by Gasteiger charge is 2.24. The standard InChI is InChI=1S/C21H30N6O/c1-15-19(16(2)27(25-15)18-9-5-4-6-10-18)13-24-21(23-3)26-11-7-8-17(14-26)12-20(22)28/h4-6,9-10,17H,7-8,11-14H2,1-3H3,(H2,22,28)(H,23,24). The maximum Gasteiger partial charge on any atom is 0.217 e. The molecule has 1 atom stereocenters. The van der Waals surface area contributed by atoms with E-state index in [0.717, 1.165) is 49.0 Å². The molecule has 2 heterocycles. The molecule has 1 fully saturated rings. The van der Waals surface area contributed by atoms with Crippen molar-refractivity contribution in [2.45, 2.75) is 39.7 Å². The van der Waals surface area contributed by atoms with Gasteiger partial charge in [0.05, 0.1) is 11.4 Å². The molecule has 0 radical (unpaired) electrons. The van der Waals surface area contributed by atoms with Crippen LogP contribution in [-0.4, -0.2) is 46.7 Å². The maximum absolute atomic E-state index is 11.3. The van der Waals surface area contributed by atoms with E-state index in [-0.39, 0.29) is 5.91 Å². The average Bonchev–Trinajstić information content (AvgIpc) is 2.97. The molecule has 0 saturated carbocycles. The number of amides is 1. The molecule has 1 amide bonds. The van der Waals surface area contributed by atoms with E-state index in [1.165, 1.54) is 5.56 Å². The van der Waals surface area contributed by atoms with Crippen molar-refractivity contribution in [3.63, 3.8) is 0 Å². The van der Waals surface area contributed by atoms with Gasteiger partial charge in [-0.25, -0.2) is 4.68 Å². The number of aromatic nitrogens is 2.